The van der Waals surface area contributed by atoms with E-state index in [0.717, 1.165) is 31.2 Å². The first-order valence-corrected chi connectivity index (χ1v) is 7.78. The van der Waals surface area contributed by atoms with E-state index in [9.17, 15) is 0 Å². The molecule has 0 aliphatic heterocycles. The summed E-state index contributed by atoms with van der Waals surface area (Å²) in [4.78, 5) is 0. The second-order valence-corrected chi connectivity index (χ2v) is 6.36. The lowest BCUT2D eigenvalue weighted by Gasteiger charge is -2.10. The third-order valence-electron chi connectivity index (χ3n) is 4.18. The van der Waals surface area contributed by atoms with E-state index >= 15 is 0 Å². The molecule has 0 saturated heterocycles. The van der Waals surface area contributed by atoms with Gasteiger partial charge < -0.3 is 5.32 Å². The van der Waals surface area contributed by atoms with Gasteiger partial charge in [-0.25, -0.2) is 4.68 Å². The Hall–Kier alpha value is -1.68. The molecule has 0 bridgehead atoms. The van der Waals surface area contributed by atoms with Crippen molar-refractivity contribution < 1.29 is 0 Å². The first kappa shape index (κ1) is 14.3. The van der Waals surface area contributed by atoms with Crippen molar-refractivity contribution in [3.63, 3.8) is 0 Å². The van der Waals surface area contributed by atoms with Crippen LogP contribution in [0.15, 0.2) is 18.3 Å². The van der Waals surface area contributed by atoms with Crippen molar-refractivity contribution in [1.82, 2.24) is 20.3 Å². The van der Waals surface area contributed by atoms with Gasteiger partial charge in [-0.1, -0.05) is 22.9 Å². The molecule has 4 heteroatoms. The van der Waals surface area contributed by atoms with Gasteiger partial charge in [0.15, 0.2) is 0 Å². The highest BCUT2D eigenvalue weighted by Gasteiger charge is 2.20. The molecule has 112 valence electrons. The van der Waals surface area contributed by atoms with Gasteiger partial charge in [0.05, 0.1) is 18.4 Å². The lowest BCUT2D eigenvalue weighted by molar-refractivity contribution is 0.626. The molecule has 3 rings (SSSR count). The molecule has 0 atom stereocenters. The molecule has 1 fully saturated rings. The van der Waals surface area contributed by atoms with Crippen LogP contribution in [0.5, 0.6) is 0 Å². The van der Waals surface area contributed by atoms with Crippen LogP contribution in [0.4, 0.5) is 0 Å². The second kappa shape index (κ2) is 5.98. The van der Waals surface area contributed by atoms with Crippen molar-refractivity contribution in [3.8, 4) is 0 Å². The van der Waals surface area contributed by atoms with Crippen LogP contribution in [0.2, 0.25) is 0 Å². The summed E-state index contributed by atoms with van der Waals surface area (Å²) < 4.78 is 1.94. The lowest BCUT2D eigenvalue weighted by atomic mass is 10.00. The highest BCUT2D eigenvalue weighted by atomic mass is 15.4. The molecule has 1 heterocycles. The summed E-state index contributed by atoms with van der Waals surface area (Å²) in [7, 11) is 0. The molecule has 0 unspecified atom stereocenters. The zero-order chi connectivity index (χ0) is 14.8. The molecule has 1 aliphatic carbocycles. The Morgan fingerprint density at radius 3 is 2.57 bits per heavy atom. The van der Waals surface area contributed by atoms with Crippen LogP contribution in [-0.2, 0) is 13.1 Å². The van der Waals surface area contributed by atoms with E-state index in [1.165, 1.54) is 35.1 Å². The summed E-state index contributed by atoms with van der Waals surface area (Å²) in [6.07, 6.45) is 4.82. The maximum absolute atomic E-state index is 4.26. The van der Waals surface area contributed by atoms with Crippen molar-refractivity contribution in [2.45, 2.75) is 46.7 Å². The van der Waals surface area contributed by atoms with Gasteiger partial charge in [-0.2, -0.15) is 0 Å². The highest BCUT2D eigenvalue weighted by molar-refractivity contribution is 5.37. The molecule has 1 N–H and O–H groups in total. The fourth-order valence-electron chi connectivity index (χ4n) is 2.84. The van der Waals surface area contributed by atoms with Gasteiger partial charge in [-0.15, -0.1) is 5.10 Å². The van der Waals surface area contributed by atoms with E-state index in [2.05, 4.69) is 54.7 Å². The van der Waals surface area contributed by atoms with Crippen molar-refractivity contribution in [2.75, 3.05) is 6.54 Å². The monoisotopic (exact) mass is 284 g/mol. The predicted octanol–water partition coefficient (Wildman–Crippen LogP) is 2.75. The fraction of sp³-hybridized carbons (Fsp3) is 0.529. The molecule has 0 spiro atoms. The molecule has 0 radical (unpaired) electrons. The van der Waals surface area contributed by atoms with Gasteiger partial charge in [0.2, 0.25) is 0 Å². The minimum absolute atomic E-state index is 0.799. The molecule has 1 aromatic heterocycles. The minimum atomic E-state index is 0.799. The molecular formula is C17H24N4. The van der Waals surface area contributed by atoms with E-state index in [0.29, 0.717) is 0 Å². The third-order valence-corrected chi connectivity index (χ3v) is 4.18. The summed E-state index contributed by atoms with van der Waals surface area (Å²) in [5.74, 6) is 0.901. The Morgan fingerprint density at radius 1 is 1.19 bits per heavy atom. The standard InChI is InChI=1S/C17H24N4/c1-12-6-13(2)17(14(3)7-12)11-21-10-16(19-20-21)9-18-8-15-4-5-15/h6-7,10,15,18H,4-5,8-9,11H2,1-3H3. The number of nitrogens with zero attached hydrogens (tertiary/aromatic N) is 3. The maximum atomic E-state index is 4.26. The molecule has 1 aliphatic rings. The maximum Gasteiger partial charge on any atom is 0.0964 e. The quantitative estimate of drug-likeness (QED) is 0.887. The Morgan fingerprint density at radius 2 is 1.90 bits per heavy atom. The van der Waals surface area contributed by atoms with Crippen LogP contribution in [-0.4, -0.2) is 21.5 Å². The van der Waals surface area contributed by atoms with Gasteiger partial charge in [0, 0.05) is 6.54 Å². The Balaban J connectivity index is 1.63. The number of hydrogen-bond acceptors (Lipinski definition) is 3. The Kier molecular flexibility index (Phi) is 4.06. The topological polar surface area (TPSA) is 42.7 Å². The highest BCUT2D eigenvalue weighted by Crippen LogP contribution is 2.27. The van der Waals surface area contributed by atoms with Crippen LogP contribution in [0.25, 0.3) is 0 Å². The molecule has 0 amide bonds. The van der Waals surface area contributed by atoms with E-state index in [4.69, 9.17) is 0 Å². The number of rotatable bonds is 6. The van der Waals surface area contributed by atoms with E-state index in [1.54, 1.807) is 0 Å². The number of nitrogens with one attached hydrogen (secondary N) is 1. The molecule has 1 aromatic carbocycles. The average molecular weight is 284 g/mol. The van der Waals surface area contributed by atoms with Gasteiger partial charge in [-0.3, -0.25) is 0 Å². The third kappa shape index (κ3) is 3.70. The molecule has 2 aromatic rings. The SMILES string of the molecule is Cc1cc(C)c(Cn2cc(CNCC3CC3)nn2)c(C)c1. The smallest absolute Gasteiger partial charge is 0.0964 e. The van der Waals surface area contributed by atoms with Crippen LogP contribution in [0.3, 0.4) is 0 Å². The van der Waals surface area contributed by atoms with Crippen molar-refractivity contribution in [1.29, 1.82) is 0 Å². The first-order chi connectivity index (χ1) is 10.1. The number of aryl methyl sites for hydroxylation is 3. The first-order valence-electron chi connectivity index (χ1n) is 7.78. The van der Waals surface area contributed by atoms with Crippen LogP contribution < -0.4 is 5.32 Å². The Bertz CT molecular complexity index is 602. The van der Waals surface area contributed by atoms with E-state index in [-0.39, 0.29) is 0 Å². The van der Waals surface area contributed by atoms with Crippen LogP contribution in [0, 0.1) is 26.7 Å². The van der Waals surface area contributed by atoms with Crippen molar-refractivity contribution in [2.24, 2.45) is 5.92 Å². The molecule has 21 heavy (non-hydrogen) atoms. The van der Waals surface area contributed by atoms with E-state index in [1.807, 2.05) is 4.68 Å². The predicted molar refractivity (Wildman–Crippen MR) is 84.2 cm³/mol. The number of benzene rings is 1. The average Bonchev–Trinajstić information content (AvgIpc) is 3.13. The lowest BCUT2D eigenvalue weighted by Crippen LogP contribution is -2.16. The van der Waals surface area contributed by atoms with Gasteiger partial charge in [0.25, 0.3) is 0 Å². The van der Waals surface area contributed by atoms with Crippen molar-refractivity contribution >= 4 is 0 Å². The van der Waals surface area contributed by atoms with Gasteiger partial charge in [0.1, 0.15) is 0 Å². The number of hydrogen-bond donors (Lipinski definition) is 1. The zero-order valence-electron chi connectivity index (χ0n) is 13.2. The molecular weight excluding hydrogens is 260 g/mol. The van der Waals surface area contributed by atoms with Gasteiger partial charge >= 0.3 is 0 Å². The summed E-state index contributed by atoms with van der Waals surface area (Å²) in [6, 6.07) is 4.47. The molecule has 1 saturated carbocycles. The van der Waals surface area contributed by atoms with Crippen LogP contribution >= 0.6 is 0 Å². The fourth-order valence-corrected chi connectivity index (χ4v) is 2.84. The summed E-state index contributed by atoms with van der Waals surface area (Å²) in [5, 5.41) is 12.0. The molecule has 4 nitrogen and oxygen atoms in total. The van der Waals surface area contributed by atoms with Crippen LogP contribution in [0.1, 0.15) is 40.8 Å². The largest absolute Gasteiger partial charge is 0.311 e. The van der Waals surface area contributed by atoms with Crippen molar-refractivity contribution in [3.05, 3.63) is 46.3 Å². The summed E-state index contributed by atoms with van der Waals surface area (Å²) in [6.45, 7) is 9.22. The zero-order valence-corrected chi connectivity index (χ0v) is 13.2. The summed E-state index contributed by atoms with van der Waals surface area (Å²) >= 11 is 0. The summed E-state index contributed by atoms with van der Waals surface area (Å²) in [5.41, 5.74) is 6.35. The minimum Gasteiger partial charge on any atom is -0.311 e. The van der Waals surface area contributed by atoms with Gasteiger partial charge in [-0.05, 0) is 62.8 Å². The second-order valence-electron chi connectivity index (χ2n) is 6.36. The normalized spacial score (nSPS) is 14.6. The number of aromatic nitrogens is 3. The van der Waals surface area contributed by atoms with E-state index < -0.39 is 0 Å². The Labute approximate surface area is 126 Å².